The van der Waals surface area contributed by atoms with Crippen LogP contribution in [0.15, 0.2) is 36.9 Å². The molecule has 0 atom stereocenters. The first-order valence-electron chi connectivity index (χ1n) is 3.51. The van der Waals surface area contributed by atoms with Gasteiger partial charge in [0.15, 0.2) is 11.6 Å². The number of halogens is 1. The van der Waals surface area contributed by atoms with Crippen molar-refractivity contribution in [2.24, 2.45) is 0 Å². The molecular weight excluding hydrogens is 383 g/mol. The molecule has 0 aromatic carbocycles. The van der Waals surface area contributed by atoms with Crippen LogP contribution in [0.3, 0.4) is 0 Å². The van der Waals surface area contributed by atoms with Crippen LogP contribution < -0.4 is 0 Å². The third-order valence-electron chi connectivity index (χ3n) is 1.33. The summed E-state index contributed by atoms with van der Waals surface area (Å²) in [5, 5.41) is 0. The van der Waals surface area contributed by atoms with Crippen molar-refractivity contribution in [1.82, 2.24) is 19.9 Å². The van der Waals surface area contributed by atoms with Crippen LogP contribution in [0, 0.1) is 0 Å². The Labute approximate surface area is 102 Å². The van der Waals surface area contributed by atoms with Crippen LogP contribution in [0.4, 0.5) is 0 Å². The Kier molecular flexibility index (Phi) is 6.17. The molecule has 4 nitrogen and oxygen atoms in total. The Bertz CT molecular complexity index is 319. The Hall–Kier alpha value is -0.862. The zero-order chi connectivity index (χ0) is 8.23. The van der Waals surface area contributed by atoms with Gasteiger partial charge in [-0.25, -0.2) is 19.9 Å². The van der Waals surface area contributed by atoms with Gasteiger partial charge in [-0.2, -0.15) is 0 Å². The normalized spacial score (nSPS) is 8.29. The summed E-state index contributed by atoms with van der Waals surface area (Å²) in [7, 11) is 0. The zero-order valence-electron chi connectivity index (χ0n) is 6.98. The summed E-state index contributed by atoms with van der Waals surface area (Å²) in [4.78, 5) is 16.1. The summed E-state index contributed by atoms with van der Waals surface area (Å²) in [6, 6.07) is 3.51. The maximum atomic E-state index is 4.01. The van der Waals surface area contributed by atoms with E-state index < -0.39 is 0 Å². The van der Waals surface area contributed by atoms with E-state index in [0.29, 0.717) is 11.6 Å². The first-order valence-corrected chi connectivity index (χ1v) is 3.51. The molecule has 0 aliphatic rings. The maximum Gasteiger partial charge on any atom is 0.197 e. The molecular formula is C8H7ClN4Pt. The van der Waals surface area contributed by atoms with Crippen molar-refractivity contribution in [1.29, 1.82) is 0 Å². The molecule has 0 fully saturated rings. The zero-order valence-corrected chi connectivity index (χ0v) is 10.1. The molecule has 2 aromatic rings. The minimum atomic E-state index is 0. The van der Waals surface area contributed by atoms with E-state index in [0.717, 1.165) is 0 Å². The van der Waals surface area contributed by atoms with Gasteiger partial charge in [-0.3, -0.25) is 0 Å². The van der Waals surface area contributed by atoms with Crippen molar-refractivity contribution in [3.05, 3.63) is 36.9 Å². The third kappa shape index (κ3) is 3.13. The molecule has 0 aliphatic heterocycles. The summed E-state index contributed by atoms with van der Waals surface area (Å²) in [6.45, 7) is 0. The van der Waals surface area contributed by atoms with Crippen molar-refractivity contribution in [3.8, 4) is 11.6 Å². The second-order valence-corrected chi connectivity index (χ2v) is 2.14. The van der Waals surface area contributed by atoms with Crippen molar-refractivity contribution in [2.75, 3.05) is 0 Å². The van der Waals surface area contributed by atoms with Gasteiger partial charge in [0.05, 0.1) is 0 Å². The van der Waals surface area contributed by atoms with Gasteiger partial charge in [0, 0.05) is 45.9 Å². The van der Waals surface area contributed by atoms with E-state index in [9.17, 15) is 0 Å². The molecule has 0 N–H and O–H groups in total. The van der Waals surface area contributed by atoms with Gasteiger partial charge >= 0.3 is 0 Å². The van der Waals surface area contributed by atoms with Crippen LogP contribution in [0.1, 0.15) is 0 Å². The molecule has 2 rings (SSSR count). The van der Waals surface area contributed by atoms with Crippen LogP contribution >= 0.6 is 12.4 Å². The third-order valence-corrected chi connectivity index (χ3v) is 1.33. The minimum absolute atomic E-state index is 0. The molecule has 0 saturated heterocycles. The van der Waals surface area contributed by atoms with Crippen LogP contribution in [0.25, 0.3) is 11.6 Å². The molecule has 0 saturated carbocycles. The van der Waals surface area contributed by atoms with Gasteiger partial charge in [0.2, 0.25) is 0 Å². The number of hydrogen-bond donors (Lipinski definition) is 0. The first-order chi connectivity index (χ1) is 5.97. The Balaban J connectivity index is 0.000000845. The molecule has 0 bridgehead atoms. The van der Waals surface area contributed by atoms with Gasteiger partial charge < -0.3 is 0 Å². The van der Waals surface area contributed by atoms with E-state index in [-0.39, 0.29) is 33.5 Å². The topological polar surface area (TPSA) is 51.6 Å². The molecule has 76 valence electrons. The second kappa shape index (κ2) is 6.57. The quantitative estimate of drug-likeness (QED) is 0.739. The van der Waals surface area contributed by atoms with E-state index in [1.165, 1.54) is 0 Å². The van der Waals surface area contributed by atoms with E-state index in [1.54, 1.807) is 36.9 Å². The number of aromatic nitrogens is 4. The molecule has 2 heterocycles. The Morgan fingerprint density at radius 1 is 0.643 bits per heavy atom. The average molecular weight is 390 g/mol. The molecule has 0 radical (unpaired) electrons. The molecule has 14 heavy (non-hydrogen) atoms. The summed E-state index contributed by atoms with van der Waals surface area (Å²) >= 11 is 0. The summed E-state index contributed by atoms with van der Waals surface area (Å²) in [5.41, 5.74) is 0. The molecule has 0 unspecified atom stereocenters. The van der Waals surface area contributed by atoms with E-state index in [4.69, 9.17) is 0 Å². The Morgan fingerprint density at radius 3 is 1.21 bits per heavy atom. The van der Waals surface area contributed by atoms with Gasteiger partial charge in [-0.1, -0.05) is 0 Å². The fraction of sp³-hybridized carbons (Fsp3) is 0. The van der Waals surface area contributed by atoms with Crippen LogP contribution in [-0.4, -0.2) is 19.9 Å². The largest absolute Gasteiger partial charge is 0.234 e. The van der Waals surface area contributed by atoms with E-state index in [2.05, 4.69) is 19.9 Å². The predicted molar refractivity (Wildman–Crippen MR) is 50.3 cm³/mol. The minimum Gasteiger partial charge on any atom is -0.234 e. The standard InChI is InChI=1S/C8H6N4.ClH.Pt/c1-3-9-7(10-4-1)8-11-5-2-6-12-8;;/h1-6H;1H;. The molecule has 0 spiro atoms. The molecule has 0 aliphatic carbocycles. The SMILES string of the molecule is Cl.[Pt].c1cnc(-c2ncccn2)nc1. The van der Waals surface area contributed by atoms with Gasteiger partial charge in [0.1, 0.15) is 0 Å². The summed E-state index contributed by atoms with van der Waals surface area (Å²) < 4.78 is 0. The summed E-state index contributed by atoms with van der Waals surface area (Å²) in [5.74, 6) is 1.11. The predicted octanol–water partition coefficient (Wildman–Crippen LogP) is 1.35. The second-order valence-electron chi connectivity index (χ2n) is 2.14. The molecule has 0 amide bonds. The van der Waals surface area contributed by atoms with Crippen molar-refractivity contribution in [2.45, 2.75) is 0 Å². The van der Waals surface area contributed by atoms with Crippen LogP contribution in [0.5, 0.6) is 0 Å². The van der Waals surface area contributed by atoms with Crippen LogP contribution in [-0.2, 0) is 21.1 Å². The number of hydrogen-bond acceptors (Lipinski definition) is 4. The van der Waals surface area contributed by atoms with Gasteiger partial charge in [-0.05, 0) is 12.1 Å². The Morgan fingerprint density at radius 2 is 0.929 bits per heavy atom. The van der Waals surface area contributed by atoms with Gasteiger partial charge in [-0.15, -0.1) is 12.4 Å². The van der Waals surface area contributed by atoms with Gasteiger partial charge in [0.25, 0.3) is 0 Å². The number of rotatable bonds is 1. The monoisotopic (exact) mass is 389 g/mol. The summed E-state index contributed by atoms with van der Waals surface area (Å²) in [6.07, 6.45) is 6.66. The van der Waals surface area contributed by atoms with Crippen molar-refractivity contribution < 1.29 is 21.1 Å². The fourth-order valence-corrected chi connectivity index (χ4v) is 0.829. The average Bonchev–Trinajstić information content (AvgIpc) is 2.21. The number of nitrogens with zero attached hydrogens (tertiary/aromatic N) is 4. The molecule has 6 heteroatoms. The smallest absolute Gasteiger partial charge is 0.197 e. The fourth-order valence-electron chi connectivity index (χ4n) is 0.829. The maximum absolute atomic E-state index is 4.01. The first kappa shape index (κ1) is 13.1. The van der Waals surface area contributed by atoms with E-state index >= 15 is 0 Å². The molecule has 2 aromatic heterocycles. The van der Waals surface area contributed by atoms with Crippen molar-refractivity contribution >= 4 is 12.4 Å². The van der Waals surface area contributed by atoms with Crippen LogP contribution in [0.2, 0.25) is 0 Å². The van der Waals surface area contributed by atoms with Crippen molar-refractivity contribution in [3.63, 3.8) is 0 Å². The van der Waals surface area contributed by atoms with E-state index in [1.807, 2.05) is 0 Å².